The van der Waals surface area contributed by atoms with E-state index in [2.05, 4.69) is 40.9 Å². The Morgan fingerprint density at radius 1 is 0.968 bits per heavy atom. The van der Waals surface area contributed by atoms with E-state index < -0.39 is 0 Å². The van der Waals surface area contributed by atoms with Gasteiger partial charge in [-0.1, -0.05) is 6.07 Å². The van der Waals surface area contributed by atoms with Crippen LogP contribution < -0.4 is 0 Å². The Bertz CT molecular complexity index is 929. The summed E-state index contributed by atoms with van der Waals surface area (Å²) in [4.78, 5) is 36.8. The number of benzene rings is 1. The summed E-state index contributed by atoms with van der Waals surface area (Å²) in [5.74, 6) is 0.287. The Kier molecular flexibility index (Phi) is 6.62. The summed E-state index contributed by atoms with van der Waals surface area (Å²) < 4.78 is 0. The Balaban J connectivity index is 1.41. The molecule has 7 nitrogen and oxygen atoms in total. The maximum absolute atomic E-state index is 13.0. The van der Waals surface area contributed by atoms with Crippen LogP contribution in [-0.2, 0) is 11.3 Å². The number of amides is 2. The van der Waals surface area contributed by atoms with E-state index in [9.17, 15) is 9.59 Å². The van der Waals surface area contributed by atoms with Gasteiger partial charge in [-0.25, -0.2) is 0 Å². The number of carbonyl (C=O) groups excluding carboxylic acids is 2. The second-order valence-electron chi connectivity index (χ2n) is 9.13. The first-order valence-electron chi connectivity index (χ1n) is 11.5. The summed E-state index contributed by atoms with van der Waals surface area (Å²) >= 11 is 0. The first kappa shape index (κ1) is 21.8. The van der Waals surface area contributed by atoms with Crippen LogP contribution in [0.4, 0.5) is 0 Å². The average Bonchev–Trinajstić information content (AvgIpc) is 3.00. The van der Waals surface area contributed by atoms with Crippen molar-refractivity contribution < 1.29 is 9.59 Å². The zero-order chi connectivity index (χ0) is 22.0. The van der Waals surface area contributed by atoms with Crippen LogP contribution in [0.2, 0.25) is 0 Å². The first-order valence-corrected chi connectivity index (χ1v) is 11.5. The van der Waals surface area contributed by atoms with E-state index >= 15 is 0 Å². The molecule has 4 rings (SSSR count). The number of hydrogen-bond donors (Lipinski definition) is 1. The van der Waals surface area contributed by atoms with E-state index in [0.29, 0.717) is 6.04 Å². The van der Waals surface area contributed by atoms with Crippen molar-refractivity contribution in [3.8, 4) is 0 Å². The van der Waals surface area contributed by atoms with Crippen molar-refractivity contribution in [2.24, 2.45) is 0 Å². The smallest absolute Gasteiger partial charge is 0.254 e. The molecule has 2 saturated heterocycles. The van der Waals surface area contributed by atoms with Crippen LogP contribution in [0.5, 0.6) is 0 Å². The summed E-state index contributed by atoms with van der Waals surface area (Å²) in [7, 11) is 0. The number of hydrogen-bond acceptors (Lipinski definition) is 4. The fourth-order valence-corrected chi connectivity index (χ4v) is 4.76. The highest BCUT2D eigenvalue weighted by Crippen LogP contribution is 2.23. The molecule has 2 aromatic rings. The topological polar surface area (TPSA) is 62.9 Å². The van der Waals surface area contributed by atoms with Crippen molar-refractivity contribution in [3.05, 3.63) is 35.5 Å². The van der Waals surface area contributed by atoms with E-state index in [1.807, 2.05) is 21.9 Å². The number of piperazine rings is 1. The predicted molar refractivity (Wildman–Crippen MR) is 123 cm³/mol. The van der Waals surface area contributed by atoms with Crippen molar-refractivity contribution in [2.75, 3.05) is 52.4 Å². The fourth-order valence-electron chi connectivity index (χ4n) is 4.76. The van der Waals surface area contributed by atoms with Gasteiger partial charge in [-0.05, 0) is 38.0 Å². The molecule has 2 fully saturated rings. The minimum Gasteiger partial charge on any atom is -0.361 e. The van der Waals surface area contributed by atoms with Gasteiger partial charge in [-0.15, -0.1) is 0 Å². The van der Waals surface area contributed by atoms with Gasteiger partial charge in [0.25, 0.3) is 5.91 Å². The first-order chi connectivity index (χ1) is 14.9. The highest BCUT2D eigenvalue weighted by Gasteiger charge is 2.24. The minimum atomic E-state index is 0.123. The molecule has 168 valence electrons. The second-order valence-corrected chi connectivity index (χ2v) is 9.13. The maximum Gasteiger partial charge on any atom is 0.254 e. The molecule has 3 heterocycles. The maximum atomic E-state index is 13.0. The lowest BCUT2D eigenvalue weighted by Gasteiger charge is -2.37. The summed E-state index contributed by atoms with van der Waals surface area (Å²) in [6, 6.07) is 6.58. The second kappa shape index (κ2) is 9.40. The summed E-state index contributed by atoms with van der Waals surface area (Å²) in [5.41, 5.74) is 3.02. The molecular formula is C24H35N5O2. The van der Waals surface area contributed by atoms with Gasteiger partial charge in [0.05, 0.1) is 0 Å². The lowest BCUT2D eigenvalue weighted by Crippen LogP contribution is -2.50. The lowest BCUT2D eigenvalue weighted by molar-refractivity contribution is -0.128. The number of fused-ring (bicyclic) bond motifs is 1. The number of nitrogens with zero attached hydrogens (tertiary/aromatic N) is 4. The molecular weight excluding hydrogens is 390 g/mol. The van der Waals surface area contributed by atoms with Gasteiger partial charge >= 0.3 is 0 Å². The molecule has 1 N–H and O–H groups in total. The molecule has 0 radical (unpaired) electrons. The van der Waals surface area contributed by atoms with E-state index in [-0.39, 0.29) is 11.8 Å². The molecule has 0 bridgehead atoms. The molecule has 31 heavy (non-hydrogen) atoms. The summed E-state index contributed by atoms with van der Waals surface area (Å²) in [5, 5.41) is 1.17. The van der Waals surface area contributed by atoms with Gasteiger partial charge in [-0.2, -0.15) is 0 Å². The Morgan fingerprint density at radius 3 is 2.42 bits per heavy atom. The Labute approximate surface area is 185 Å². The standard InChI is InChI=1S/C24H35N5O2/c1-18(2)27-11-13-29(14-12-27)24(31)20-5-6-22-21(16-25-23(22)15-20)17-26-7-4-8-28(10-9-26)19(3)30/h5-6,15-16,18,25H,4,7-14,17H2,1-3H3. The molecule has 1 aromatic heterocycles. The quantitative estimate of drug-likeness (QED) is 0.817. The van der Waals surface area contributed by atoms with Crippen LogP contribution in [0.1, 0.15) is 43.1 Å². The van der Waals surface area contributed by atoms with Crippen LogP contribution >= 0.6 is 0 Å². The zero-order valence-corrected chi connectivity index (χ0v) is 19.1. The average molecular weight is 426 g/mol. The highest BCUT2D eigenvalue weighted by molar-refractivity contribution is 5.98. The number of nitrogens with one attached hydrogen (secondary N) is 1. The largest absolute Gasteiger partial charge is 0.361 e. The Hall–Kier alpha value is -2.38. The number of aromatic amines is 1. The van der Waals surface area contributed by atoms with Crippen LogP contribution in [0.15, 0.2) is 24.4 Å². The van der Waals surface area contributed by atoms with Crippen LogP contribution in [0.3, 0.4) is 0 Å². The molecule has 7 heteroatoms. The normalized spacial score (nSPS) is 19.2. The van der Waals surface area contributed by atoms with E-state index in [0.717, 1.165) is 76.4 Å². The fraction of sp³-hybridized carbons (Fsp3) is 0.583. The lowest BCUT2D eigenvalue weighted by atomic mass is 10.1. The monoisotopic (exact) mass is 425 g/mol. The van der Waals surface area contributed by atoms with Gasteiger partial charge in [-0.3, -0.25) is 19.4 Å². The molecule has 0 unspecified atom stereocenters. The van der Waals surface area contributed by atoms with Gasteiger partial charge in [0, 0.05) is 94.5 Å². The van der Waals surface area contributed by atoms with Crippen molar-refractivity contribution in [2.45, 2.75) is 39.8 Å². The number of rotatable bonds is 4. The molecule has 0 spiro atoms. The number of carbonyl (C=O) groups is 2. The molecule has 0 aliphatic carbocycles. The summed E-state index contributed by atoms with van der Waals surface area (Å²) in [6.07, 6.45) is 3.07. The Morgan fingerprint density at radius 2 is 1.71 bits per heavy atom. The molecule has 0 atom stereocenters. The van der Waals surface area contributed by atoms with Gasteiger partial charge < -0.3 is 14.8 Å². The molecule has 1 aromatic carbocycles. The third kappa shape index (κ3) is 4.93. The SMILES string of the molecule is CC(=O)N1CCCN(Cc2c[nH]c3cc(C(=O)N4CCN(C(C)C)CC4)ccc23)CC1. The van der Waals surface area contributed by atoms with Gasteiger partial charge in [0.15, 0.2) is 0 Å². The van der Waals surface area contributed by atoms with Crippen LogP contribution in [-0.4, -0.2) is 94.8 Å². The molecule has 2 aliphatic heterocycles. The van der Waals surface area contributed by atoms with Gasteiger partial charge in [0.1, 0.15) is 0 Å². The van der Waals surface area contributed by atoms with Crippen LogP contribution in [0.25, 0.3) is 10.9 Å². The van der Waals surface area contributed by atoms with Gasteiger partial charge in [0.2, 0.25) is 5.91 Å². The van der Waals surface area contributed by atoms with E-state index in [1.54, 1.807) is 6.92 Å². The number of aromatic nitrogens is 1. The third-order valence-corrected chi connectivity index (χ3v) is 6.77. The van der Waals surface area contributed by atoms with E-state index in [1.165, 1.54) is 10.9 Å². The van der Waals surface area contributed by atoms with E-state index in [4.69, 9.17) is 0 Å². The summed E-state index contributed by atoms with van der Waals surface area (Å²) in [6.45, 7) is 13.9. The molecule has 2 aliphatic rings. The molecule has 2 amide bonds. The molecule has 0 saturated carbocycles. The minimum absolute atomic E-state index is 0.123. The van der Waals surface area contributed by atoms with Crippen molar-refractivity contribution in [1.82, 2.24) is 24.6 Å². The zero-order valence-electron chi connectivity index (χ0n) is 19.1. The van der Waals surface area contributed by atoms with Crippen molar-refractivity contribution in [1.29, 1.82) is 0 Å². The van der Waals surface area contributed by atoms with Crippen molar-refractivity contribution >= 4 is 22.7 Å². The number of H-pyrrole nitrogens is 1. The third-order valence-electron chi connectivity index (χ3n) is 6.77. The predicted octanol–water partition coefficient (Wildman–Crippen LogP) is 2.39. The highest BCUT2D eigenvalue weighted by atomic mass is 16.2. The van der Waals surface area contributed by atoms with Crippen molar-refractivity contribution in [3.63, 3.8) is 0 Å². The van der Waals surface area contributed by atoms with Crippen LogP contribution in [0, 0.1) is 0 Å².